The third-order valence-corrected chi connectivity index (χ3v) is 3.24. The van der Waals surface area contributed by atoms with Crippen molar-refractivity contribution >= 4 is 5.78 Å². The Bertz CT molecular complexity index is 652. The van der Waals surface area contributed by atoms with Gasteiger partial charge in [-0.25, -0.2) is 4.98 Å². The molecule has 108 valence electrons. The standard InChI is InChI=1S/C16H15NO4/c1-19-16-5-2-11(10-17-16)8-13(18)12-3-4-14-15(9-12)21-7-6-20-14/h2-5,9-10H,6-8H2,1H3. The lowest BCUT2D eigenvalue weighted by Crippen LogP contribution is -2.16. The Labute approximate surface area is 122 Å². The molecular formula is C16H15NO4. The van der Waals surface area contributed by atoms with Crippen LogP contribution in [0.15, 0.2) is 36.5 Å². The lowest BCUT2D eigenvalue weighted by Gasteiger charge is -2.18. The first-order valence-electron chi connectivity index (χ1n) is 6.68. The van der Waals surface area contributed by atoms with E-state index in [2.05, 4.69) is 4.98 Å². The Morgan fingerprint density at radius 3 is 2.71 bits per heavy atom. The topological polar surface area (TPSA) is 57.7 Å². The van der Waals surface area contributed by atoms with E-state index in [-0.39, 0.29) is 12.2 Å². The van der Waals surface area contributed by atoms with Gasteiger partial charge in [-0.1, -0.05) is 6.07 Å². The minimum atomic E-state index is 0.0129. The van der Waals surface area contributed by atoms with Crippen molar-refractivity contribution in [1.82, 2.24) is 4.98 Å². The van der Waals surface area contributed by atoms with Crippen LogP contribution < -0.4 is 14.2 Å². The number of benzene rings is 1. The van der Waals surface area contributed by atoms with Crippen molar-refractivity contribution in [2.45, 2.75) is 6.42 Å². The van der Waals surface area contributed by atoms with Gasteiger partial charge in [-0.15, -0.1) is 0 Å². The molecule has 0 radical (unpaired) electrons. The van der Waals surface area contributed by atoms with Gasteiger partial charge in [-0.2, -0.15) is 0 Å². The van der Waals surface area contributed by atoms with Crippen LogP contribution in [0.3, 0.4) is 0 Å². The van der Waals surface area contributed by atoms with Crippen LogP contribution in [-0.2, 0) is 6.42 Å². The fourth-order valence-electron chi connectivity index (χ4n) is 2.14. The first-order valence-corrected chi connectivity index (χ1v) is 6.68. The van der Waals surface area contributed by atoms with Crippen LogP contribution in [0.2, 0.25) is 0 Å². The third-order valence-electron chi connectivity index (χ3n) is 3.24. The summed E-state index contributed by atoms with van der Waals surface area (Å²) in [6.45, 7) is 1.05. The molecule has 1 aliphatic heterocycles. The molecule has 1 aromatic carbocycles. The van der Waals surface area contributed by atoms with Gasteiger partial charge in [0, 0.05) is 24.2 Å². The number of hydrogen-bond acceptors (Lipinski definition) is 5. The fraction of sp³-hybridized carbons (Fsp3) is 0.250. The lowest BCUT2D eigenvalue weighted by molar-refractivity contribution is 0.0991. The number of pyridine rings is 1. The van der Waals surface area contributed by atoms with E-state index >= 15 is 0 Å². The van der Waals surface area contributed by atoms with Gasteiger partial charge in [-0.05, 0) is 23.8 Å². The van der Waals surface area contributed by atoms with Crippen LogP contribution >= 0.6 is 0 Å². The smallest absolute Gasteiger partial charge is 0.212 e. The second-order valence-corrected chi connectivity index (χ2v) is 4.67. The predicted molar refractivity (Wildman–Crippen MR) is 76.3 cm³/mol. The summed E-state index contributed by atoms with van der Waals surface area (Å²) in [6.07, 6.45) is 1.94. The van der Waals surface area contributed by atoms with E-state index in [1.807, 2.05) is 6.07 Å². The largest absolute Gasteiger partial charge is 0.486 e. The fourth-order valence-corrected chi connectivity index (χ4v) is 2.14. The zero-order valence-corrected chi connectivity index (χ0v) is 11.7. The highest BCUT2D eigenvalue weighted by Crippen LogP contribution is 2.31. The van der Waals surface area contributed by atoms with Crippen LogP contribution in [0.25, 0.3) is 0 Å². The van der Waals surface area contributed by atoms with Gasteiger partial charge in [0.2, 0.25) is 5.88 Å². The highest BCUT2D eigenvalue weighted by Gasteiger charge is 2.15. The number of carbonyl (C=O) groups excluding carboxylic acids is 1. The molecule has 0 fully saturated rings. The highest BCUT2D eigenvalue weighted by atomic mass is 16.6. The van der Waals surface area contributed by atoms with E-state index in [1.165, 1.54) is 0 Å². The van der Waals surface area contributed by atoms with Crippen molar-refractivity contribution in [2.75, 3.05) is 20.3 Å². The average Bonchev–Trinajstić information content (AvgIpc) is 2.55. The first kappa shape index (κ1) is 13.4. The summed E-state index contributed by atoms with van der Waals surface area (Å²) in [4.78, 5) is 16.4. The Morgan fingerprint density at radius 2 is 2.00 bits per heavy atom. The second kappa shape index (κ2) is 5.83. The van der Waals surface area contributed by atoms with Crippen LogP contribution in [0.4, 0.5) is 0 Å². The molecule has 0 bridgehead atoms. The second-order valence-electron chi connectivity index (χ2n) is 4.67. The molecule has 0 amide bonds. The quantitative estimate of drug-likeness (QED) is 0.807. The molecule has 1 aromatic heterocycles. The number of ketones is 1. The van der Waals surface area contributed by atoms with Crippen LogP contribution in [-0.4, -0.2) is 31.1 Å². The molecule has 0 saturated heterocycles. The number of hydrogen-bond donors (Lipinski definition) is 0. The van der Waals surface area contributed by atoms with Gasteiger partial charge in [0.25, 0.3) is 0 Å². The van der Waals surface area contributed by atoms with Crippen molar-refractivity contribution in [3.05, 3.63) is 47.7 Å². The summed E-state index contributed by atoms with van der Waals surface area (Å²) in [7, 11) is 1.56. The third kappa shape index (κ3) is 2.97. The van der Waals surface area contributed by atoms with Gasteiger partial charge >= 0.3 is 0 Å². The molecule has 3 rings (SSSR count). The van der Waals surface area contributed by atoms with Gasteiger partial charge in [0.05, 0.1) is 7.11 Å². The minimum absolute atomic E-state index is 0.0129. The van der Waals surface area contributed by atoms with Gasteiger partial charge in [0.15, 0.2) is 17.3 Å². The predicted octanol–water partition coefficient (Wildman–Crippen LogP) is 2.29. The van der Waals surface area contributed by atoms with Crippen LogP contribution in [0.5, 0.6) is 17.4 Å². The van der Waals surface area contributed by atoms with E-state index in [0.29, 0.717) is 36.2 Å². The van der Waals surface area contributed by atoms with Crippen molar-refractivity contribution in [2.24, 2.45) is 0 Å². The zero-order chi connectivity index (χ0) is 14.7. The molecule has 0 saturated carbocycles. The minimum Gasteiger partial charge on any atom is -0.486 e. The molecule has 0 aliphatic carbocycles. The molecule has 2 heterocycles. The number of aromatic nitrogens is 1. The zero-order valence-electron chi connectivity index (χ0n) is 11.7. The van der Waals surface area contributed by atoms with Gasteiger partial charge < -0.3 is 14.2 Å². The Hall–Kier alpha value is -2.56. The molecule has 5 heteroatoms. The molecule has 0 unspecified atom stereocenters. The van der Waals surface area contributed by atoms with E-state index in [1.54, 1.807) is 37.6 Å². The number of carbonyl (C=O) groups is 1. The summed E-state index contributed by atoms with van der Waals surface area (Å²) >= 11 is 0. The molecule has 5 nitrogen and oxygen atoms in total. The Balaban J connectivity index is 1.75. The number of methoxy groups -OCH3 is 1. The first-order chi connectivity index (χ1) is 10.3. The van der Waals surface area contributed by atoms with Crippen LogP contribution in [0, 0.1) is 0 Å². The van der Waals surface area contributed by atoms with E-state index in [9.17, 15) is 4.79 Å². The summed E-state index contributed by atoms with van der Waals surface area (Å²) in [5, 5.41) is 0. The maximum Gasteiger partial charge on any atom is 0.212 e. The molecule has 0 atom stereocenters. The SMILES string of the molecule is COc1ccc(CC(=O)c2ccc3c(c2)OCCO3)cn1. The number of ether oxygens (including phenoxy) is 3. The molecule has 0 spiro atoms. The summed E-state index contributed by atoms with van der Waals surface area (Å²) < 4.78 is 15.9. The summed E-state index contributed by atoms with van der Waals surface area (Å²) in [6, 6.07) is 8.84. The van der Waals surface area contributed by atoms with Crippen molar-refractivity contribution in [3.8, 4) is 17.4 Å². The normalized spacial score (nSPS) is 12.8. The van der Waals surface area contributed by atoms with Gasteiger partial charge in [0.1, 0.15) is 13.2 Å². The molecular weight excluding hydrogens is 270 g/mol. The summed E-state index contributed by atoms with van der Waals surface area (Å²) in [5.41, 5.74) is 1.45. The van der Waals surface area contributed by atoms with Gasteiger partial charge in [-0.3, -0.25) is 4.79 Å². The van der Waals surface area contributed by atoms with E-state index in [0.717, 1.165) is 5.56 Å². The monoisotopic (exact) mass is 285 g/mol. The average molecular weight is 285 g/mol. The molecule has 21 heavy (non-hydrogen) atoms. The van der Waals surface area contributed by atoms with Crippen LogP contribution in [0.1, 0.15) is 15.9 Å². The summed E-state index contributed by atoms with van der Waals surface area (Å²) in [5.74, 6) is 1.85. The maximum atomic E-state index is 12.3. The molecule has 0 N–H and O–H groups in total. The van der Waals surface area contributed by atoms with Crippen molar-refractivity contribution in [1.29, 1.82) is 0 Å². The lowest BCUT2D eigenvalue weighted by atomic mass is 10.0. The number of rotatable bonds is 4. The van der Waals surface area contributed by atoms with E-state index in [4.69, 9.17) is 14.2 Å². The number of fused-ring (bicyclic) bond motifs is 1. The Kier molecular flexibility index (Phi) is 3.73. The molecule has 2 aromatic rings. The van der Waals surface area contributed by atoms with Crippen molar-refractivity contribution < 1.29 is 19.0 Å². The highest BCUT2D eigenvalue weighted by molar-refractivity contribution is 5.98. The maximum absolute atomic E-state index is 12.3. The number of Topliss-reactive ketones (excluding diaryl/α,β-unsaturated/α-hetero) is 1. The number of nitrogens with zero attached hydrogens (tertiary/aromatic N) is 1. The Morgan fingerprint density at radius 1 is 1.19 bits per heavy atom. The molecule has 1 aliphatic rings. The van der Waals surface area contributed by atoms with Crippen molar-refractivity contribution in [3.63, 3.8) is 0 Å². The van der Waals surface area contributed by atoms with E-state index < -0.39 is 0 Å².